The summed E-state index contributed by atoms with van der Waals surface area (Å²) in [6, 6.07) is 0. The van der Waals surface area contributed by atoms with E-state index in [9.17, 15) is 9.90 Å². The van der Waals surface area contributed by atoms with Crippen molar-refractivity contribution in [2.75, 3.05) is 6.61 Å². The van der Waals surface area contributed by atoms with Crippen LogP contribution in [0.1, 0.15) is 20.3 Å². The second-order valence-corrected chi connectivity index (χ2v) is 3.56. The molecule has 1 rings (SSSR count). The van der Waals surface area contributed by atoms with Gasteiger partial charge >= 0.3 is 5.97 Å². The molecule has 1 atom stereocenters. The van der Waals surface area contributed by atoms with E-state index in [4.69, 9.17) is 9.84 Å². The summed E-state index contributed by atoms with van der Waals surface area (Å²) in [5.41, 5.74) is -2.20. The van der Waals surface area contributed by atoms with Gasteiger partial charge in [-0.05, 0) is 13.8 Å². The summed E-state index contributed by atoms with van der Waals surface area (Å²) in [6.07, 6.45) is 0.148. The van der Waals surface area contributed by atoms with Gasteiger partial charge in [0.15, 0.2) is 5.60 Å². The Balaban J connectivity index is 2.73. The summed E-state index contributed by atoms with van der Waals surface area (Å²) < 4.78 is 5.09. The summed E-state index contributed by atoms with van der Waals surface area (Å²) in [4.78, 5) is 10.5. The summed E-state index contributed by atoms with van der Waals surface area (Å²) in [5.74, 6) is -1.21. The van der Waals surface area contributed by atoms with Crippen LogP contribution in [0.4, 0.5) is 0 Å². The average molecular weight is 160 g/mol. The van der Waals surface area contributed by atoms with E-state index in [1.807, 2.05) is 0 Å². The van der Waals surface area contributed by atoms with Crippen molar-refractivity contribution in [3.05, 3.63) is 0 Å². The van der Waals surface area contributed by atoms with Gasteiger partial charge in [0, 0.05) is 6.42 Å². The van der Waals surface area contributed by atoms with Crippen LogP contribution in [0.5, 0.6) is 0 Å². The molecule has 2 N–H and O–H groups in total. The van der Waals surface area contributed by atoms with Gasteiger partial charge in [-0.25, -0.2) is 4.79 Å². The Kier molecular flexibility index (Phi) is 1.69. The highest BCUT2D eigenvalue weighted by molar-refractivity contribution is 5.77. The van der Waals surface area contributed by atoms with Crippen molar-refractivity contribution in [3.63, 3.8) is 0 Å². The highest BCUT2D eigenvalue weighted by atomic mass is 16.5. The van der Waals surface area contributed by atoms with Gasteiger partial charge in [-0.3, -0.25) is 0 Å². The molecule has 1 aliphatic heterocycles. The molecule has 1 aliphatic rings. The zero-order valence-corrected chi connectivity index (χ0v) is 6.63. The van der Waals surface area contributed by atoms with Crippen LogP contribution in [0.2, 0.25) is 0 Å². The largest absolute Gasteiger partial charge is 0.479 e. The Bertz CT molecular complexity index is 187. The number of rotatable bonds is 1. The number of aliphatic carboxylic acids is 1. The molecule has 0 bridgehead atoms. The second-order valence-electron chi connectivity index (χ2n) is 3.56. The normalized spacial score (nSPS) is 35.5. The molecule has 1 heterocycles. The van der Waals surface area contributed by atoms with Gasteiger partial charge in [-0.1, -0.05) is 0 Å². The van der Waals surface area contributed by atoms with Crippen molar-refractivity contribution >= 4 is 5.97 Å². The fraction of sp³-hybridized carbons (Fsp3) is 0.857. The zero-order chi connectivity index (χ0) is 8.70. The fourth-order valence-corrected chi connectivity index (χ4v) is 1.26. The fourth-order valence-electron chi connectivity index (χ4n) is 1.26. The van der Waals surface area contributed by atoms with Crippen LogP contribution in [0.3, 0.4) is 0 Å². The lowest BCUT2D eigenvalue weighted by Gasteiger charge is -2.17. The van der Waals surface area contributed by atoms with Crippen LogP contribution in [0.25, 0.3) is 0 Å². The Labute approximate surface area is 64.8 Å². The molecule has 0 unspecified atom stereocenters. The topological polar surface area (TPSA) is 66.8 Å². The molecule has 0 radical (unpaired) electrons. The Morgan fingerprint density at radius 3 is 2.27 bits per heavy atom. The number of hydrogen-bond acceptors (Lipinski definition) is 3. The molecule has 0 aliphatic carbocycles. The van der Waals surface area contributed by atoms with E-state index < -0.39 is 17.2 Å². The number of ether oxygens (including phenoxy) is 1. The molecule has 0 amide bonds. The summed E-state index contributed by atoms with van der Waals surface area (Å²) >= 11 is 0. The zero-order valence-electron chi connectivity index (χ0n) is 6.63. The smallest absolute Gasteiger partial charge is 0.338 e. The lowest BCUT2D eigenvalue weighted by atomic mass is 9.94. The maximum Gasteiger partial charge on any atom is 0.338 e. The van der Waals surface area contributed by atoms with E-state index in [0.29, 0.717) is 0 Å². The molecule has 0 aromatic heterocycles. The third-order valence-corrected chi connectivity index (χ3v) is 1.82. The first-order chi connectivity index (χ1) is 4.86. The lowest BCUT2D eigenvalue weighted by molar-refractivity contribution is -0.158. The van der Waals surface area contributed by atoms with Crippen LogP contribution < -0.4 is 0 Å². The number of carboxylic acid groups (broad SMARTS) is 1. The van der Waals surface area contributed by atoms with E-state index in [1.165, 1.54) is 0 Å². The van der Waals surface area contributed by atoms with Crippen molar-refractivity contribution < 1.29 is 19.7 Å². The minimum Gasteiger partial charge on any atom is -0.479 e. The molecule has 0 saturated carbocycles. The number of carbonyl (C=O) groups is 1. The third kappa shape index (κ3) is 1.52. The van der Waals surface area contributed by atoms with Gasteiger partial charge in [-0.2, -0.15) is 0 Å². The molecular weight excluding hydrogens is 148 g/mol. The Morgan fingerprint density at radius 2 is 2.09 bits per heavy atom. The van der Waals surface area contributed by atoms with Crippen molar-refractivity contribution in [1.29, 1.82) is 0 Å². The summed E-state index contributed by atoms with van der Waals surface area (Å²) in [6.45, 7) is 3.40. The van der Waals surface area contributed by atoms with E-state index in [0.717, 1.165) is 0 Å². The van der Waals surface area contributed by atoms with Crippen LogP contribution in [0.15, 0.2) is 0 Å². The average Bonchev–Trinajstić information content (AvgIpc) is 2.08. The number of aliphatic hydroxyl groups is 1. The van der Waals surface area contributed by atoms with Gasteiger partial charge in [-0.15, -0.1) is 0 Å². The summed E-state index contributed by atoms with van der Waals surface area (Å²) in [5, 5.41) is 18.0. The first-order valence-corrected chi connectivity index (χ1v) is 3.45. The maximum atomic E-state index is 10.5. The second kappa shape index (κ2) is 2.19. The number of hydrogen-bond donors (Lipinski definition) is 2. The van der Waals surface area contributed by atoms with Gasteiger partial charge in [0.2, 0.25) is 0 Å². The van der Waals surface area contributed by atoms with Gasteiger partial charge in [0.05, 0.1) is 12.2 Å². The van der Waals surface area contributed by atoms with Crippen molar-refractivity contribution in [2.24, 2.45) is 0 Å². The molecule has 11 heavy (non-hydrogen) atoms. The van der Waals surface area contributed by atoms with E-state index in [-0.39, 0.29) is 13.0 Å². The van der Waals surface area contributed by atoms with Gasteiger partial charge in [0.25, 0.3) is 0 Å². The minimum atomic E-state index is -1.68. The molecule has 1 saturated heterocycles. The molecule has 0 spiro atoms. The third-order valence-electron chi connectivity index (χ3n) is 1.82. The van der Waals surface area contributed by atoms with Crippen molar-refractivity contribution in [3.8, 4) is 0 Å². The van der Waals surface area contributed by atoms with Gasteiger partial charge in [0.1, 0.15) is 0 Å². The standard InChI is InChI=1S/C7H12O4/c1-6(2)3-7(10,4-11-6)5(8)9/h10H,3-4H2,1-2H3,(H,8,9)/t7-/m1/s1. The van der Waals surface area contributed by atoms with Crippen LogP contribution in [-0.4, -0.2) is 34.0 Å². The molecule has 64 valence electrons. The first-order valence-electron chi connectivity index (χ1n) is 3.45. The van der Waals surface area contributed by atoms with Crippen LogP contribution >= 0.6 is 0 Å². The van der Waals surface area contributed by atoms with Crippen LogP contribution in [-0.2, 0) is 9.53 Å². The molecule has 0 aromatic carbocycles. The molecular formula is C7H12O4. The van der Waals surface area contributed by atoms with E-state index in [2.05, 4.69) is 0 Å². The summed E-state index contributed by atoms with van der Waals surface area (Å²) in [7, 11) is 0. The predicted molar refractivity (Wildman–Crippen MR) is 37.2 cm³/mol. The molecule has 4 nitrogen and oxygen atoms in total. The lowest BCUT2D eigenvalue weighted by Crippen LogP contribution is -2.39. The first kappa shape index (κ1) is 8.49. The SMILES string of the molecule is CC1(C)C[C@](O)(C(=O)O)CO1. The monoisotopic (exact) mass is 160 g/mol. The number of carboxylic acids is 1. The predicted octanol–water partition coefficient (Wildman–Crippen LogP) is 0.00100. The van der Waals surface area contributed by atoms with Crippen LogP contribution in [0, 0.1) is 0 Å². The highest BCUT2D eigenvalue weighted by Crippen LogP contribution is 2.32. The van der Waals surface area contributed by atoms with E-state index >= 15 is 0 Å². The van der Waals surface area contributed by atoms with Crippen molar-refractivity contribution in [1.82, 2.24) is 0 Å². The minimum absolute atomic E-state index is 0.116. The molecule has 4 heteroatoms. The molecule has 1 fully saturated rings. The van der Waals surface area contributed by atoms with Crippen molar-refractivity contribution in [2.45, 2.75) is 31.5 Å². The van der Waals surface area contributed by atoms with Gasteiger partial charge < -0.3 is 14.9 Å². The Hall–Kier alpha value is -0.610. The maximum absolute atomic E-state index is 10.5. The quantitative estimate of drug-likeness (QED) is 0.566. The highest BCUT2D eigenvalue weighted by Gasteiger charge is 2.48. The van der Waals surface area contributed by atoms with E-state index in [1.54, 1.807) is 13.8 Å². The Morgan fingerprint density at radius 1 is 1.55 bits per heavy atom. The molecule has 0 aromatic rings.